The molecule has 0 aliphatic heterocycles. The molecule has 0 amide bonds. The summed E-state index contributed by atoms with van der Waals surface area (Å²) in [4.78, 5) is 4.77. The molecular formula is C66H78IN3S3Sn. The summed E-state index contributed by atoms with van der Waals surface area (Å²) in [5, 5.41) is 10.2. The molecule has 9 aromatic rings. The van der Waals surface area contributed by atoms with E-state index in [4.69, 9.17) is 0 Å². The zero-order chi connectivity index (χ0) is 52.7. The Morgan fingerprint density at radius 2 is 0.730 bits per heavy atom. The predicted octanol–water partition coefficient (Wildman–Crippen LogP) is 22.1. The van der Waals surface area contributed by atoms with Crippen LogP contribution in [0.5, 0.6) is 0 Å². The van der Waals surface area contributed by atoms with Crippen molar-refractivity contribution in [1.29, 1.82) is 0 Å². The molecule has 6 aromatic carbocycles. The van der Waals surface area contributed by atoms with Crippen molar-refractivity contribution < 1.29 is 0 Å². The zero-order valence-corrected chi connectivity index (χ0v) is 52.8. The first kappa shape index (κ1) is 58.6. The Kier molecular flexibility index (Phi) is 24.4. The smallest absolute Gasteiger partial charge is 0.0999 e. The molecule has 0 atom stereocenters. The first-order valence-electron chi connectivity index (χ1n) is 26.5. The van der Waals surface area contributed by atoms with Crippen molar-refractivity contribution in [1.82, 2.24) is 0 Å². The van der Waals surface area contributed by atoms with E-state index < -0.39 is 18.4 Å². The summed E-state index contributed by atoms with van der Waals surface area (Å²) in [5.74, 6) is 0. The molecular weight excluding hydrogens is 1180 g/mol. The van der Waals surface area contributed by atoms with Crippen LogP contribution >= 0.6 is 56.6 Å². The number of nitrogens with zero attached hydrogens (tertiary/aromatic N) is 2. The van der Waals surface area contributed by atoms with Gasteiger partial charge in [0.05, 0.1) is 7.88 Å². The number of anilines is 8. The van der Waals surface area contributed by atoms with Gasteiger partial charge in [-0.2, -0.15) is 0 Å². The third-order valence-corrected chi connectivity index (χ3v) is 35.1. The molecule has 1 N–H and O–H groups in total. The molecule has 8 heteroatoms. The third-order valence-electron chi connectivity index (χ3n) is 13.1. The van der Waals surface area contributed by atoms with Crippen LogP contribution in [-0.4, -0.2) is 18.4 Å². The maximum Gasteiger partial charge on any atom is 0.0999 e. The van der Waals surface area contributed by atoms with Crippen LogP contribution in [0.25, 0.3) is 0 Å². The minimum absolute atomic E-state index is 1.13. The Morgan fingerprint density at radius 1 is 0.392 bits per heavy atom. The van der Waals surface area contributed by atoms with Gasteiger partial charge in [0.25, 0.3) is 0 Å². The maximum atomic E-state index is 3.36. The number of rotatable bonds is 18. The second-order valence-electron chi connectivity index (χ2n) is 19.5. The maximum absolute atomic E-state index is 3.36. The number of benzene rings is 6. The van der Waals surface area contributed by atoms with E-state index >= 15 is 0 Å². The van der Waals surface area contributed by atoms with Crippen molar-refractivity contribution >= 4 is 122 Å². The number of aryl methyl sites for hydroxylation is 6. The molecule has 0 aliphatic rings. The van der Waals surface area contributed by atoms with Gasteiger partial charge in [-0.25, -0.2) is 0 Å². The van der Waals surface area contributed by atoms with Crippen molar-refractivity contribution in [3.63, 3.8) is 0 Å². The fourth-order valence-corrected chi connectivity index (χ4v) is 30.7. The quantitative estimate of drug-likeness (QED) is 0.0682. The Morgan fingerprint density at radius 3 is 1.03 bits per heavy atom. The van der Waals surface area contributed by atoms with Crippen LogP contribution in [-0.2, 0) is 0 Å². The summed E-state index contributed by atoms with van der Waals surface area (Å²) in [5.41, 5.74) is 14.9. The molecule has 0 fully saturated rings. The fourth-order valence-electron chi connectivity index (χ4n) is 8.70. The van der Waals surface area contributed by atoms with Crippen molar-refractivity contribution in [2.45, 2.75) is 114 Å². The first-order chi connectivity index (χ1) is 35.9. The molecule has 0 spiro atoms. The molecule has 386 valence electrons. The van der Waals surface area contributed by atoms with Gasteiger partial charge < -0.3 is 10.2 Å². The summed E-state index contributed by atoms with van der Waals surface area (Å²) in [7, 11) is 0. The summed E-state index contributed by atoms with van der Waals surface area (Å²) in [6, 6.07) is 65.5. The van der Waals surface area contributed by atoms with Gasteiger partial charge in [-0.05, 0) is 128 Å². The Hall–Kier alpha value is -4.65. The summed E-state index contributed by atoms with van der Waals surface area (Å²) in [6.07, 6.45) is 8.22. The number of nitrogens with one attached hydrogen (secondary N) is 1. The third kappa shape index (κ3) is 18.3. The van der Waals surface area contributed by atoms with Crippen LogP contribution in [0.1, 0.15) is 92.7 Å². The van der Waals surface area contributed by atoms with E-state index in [0.29, 0.717) is 0 Å². The largest absolute Gasteiger partial charge is 0.356 e. The first-order valence-corrected chi connectivity index (χ1v) is 37.6. The topological polar surface area (TPSA) is 18.5 Å². The van der Waals surface area contributed by atoms with E-state index in [-0.39, 0.29) is 0 Å². The van der Waals surface area contributed by atoms with Crippen LogP contribution in [0, 0.1) is 44.4 Å². The number of hydrogen-bond acceptors (Lipinski definition) is 6. The van der Waals surface area contributed by atoms with Gasteiger partial charge in [0, 0.05) is 22.7 Å². The molecule has 3 heterocycles. The van der Waals surface area contributed by atoms with Crippen molar-refractivity contribution in [3.8, 4) is 0 Å². The Balaban J connectivity index is 0.000000183. The Bertz CT molecular complexity index is 2760. The molecule has 9 rings (SSSR count). The van der Waals surface area contributed by atoms with Crippen molar-refractivity contribution in [2.75, 3.05) is 15.1 Å². The van der Waals surface area contributed by atoms with Crippen LogP contribution in [0.4, 0.5) is 44.1 Å². The second kappa shape index (κ2) is 30.8. The van der Waals surface area contributed by atoms with E-state index in [1.165, 1.54) is 121 Å². The zero-order valence-electron chi connectivity index (χ0n) is 45.3. The molecule has 0 bridgehead atoms. The number of hydrogen-bond donors (Lipinski definition) is 1. The average Bonchev–Trinajstić information content (AvgIpc) is 4.24. The van der Waals surface area contributed by atoms with Gasteiger partial charge in [0.2, 0.25) is 0 Å². The fraction of sp³-hybridized carbons (Fsp3) is 0.273. The van der Waals surface area contributed by atoms with E-state index in [1.54, 1.807) is 25.6 Å². The number of thiophene rings is 3. The summed E-state index contributed by atoms with van der Waals surface area (Å²) >= 11 is 5.51. The van der Waals surface area contributed by atoms with E-state index in [2.05, 4.69) is 298 Å². The van der Waals surface area contributed by atoms with E-state index in [9.17, 15) is 0 Å². The average molecular weight is 1260 g/mol. The van der Waals surface area contributed by atoms with Gasteiger partial charge in [-0.1, -0.05) is 76.9 Å². The van der Waals surface area contributed by atoms with Crippen LogP contribution in [0.3, 0.4) is 0 Å². The minimum atomic E-state index is -2.42. The SMILES string of the molecule is CCC[CH2][Sn]([CH2]CCC)([CH2]CCC)[c]1ccc(N(c2ccc(C)cc2)c2ccc(C)cc2)s1.Cc1ccc(N(c2ccc(C)cc2)c2cccs2)cc1.Cc1ccc(Nc2ccc(C)cc2)cc1.Ic1cccs1. The molecule has 0 saturated carbocycles. The van der Waals surface area contributed by atoms with Crippen LogP contribution < -0.4 is 18.0 Å². The van der Waals surface area contributed by atoms with Gasteiger partial charge in [0.1, 0.15) is 0 Å². The molecule has 0 unspecified atom stereocenters. The molecule has 3 nitrogen and oxygen atoms in total. The van der Waals surface area contributed by atoms with Crippen LogP contribution in [0.2, 0.25) is 13.3 Å². The van der Waals surface area contributed by atoms with Gasteiger partial charge in [0.15, 0.2) is 0 Å². The number of halogens is 1. The molecule has 74 heavy (non-hydrogen) atoms. The van der Waals surface area contributed by atoms with Gasteiger partial charge >= 0.3 is 212 Å². The summed E-state index contributed by atoms with van der Waals surface area (Å²) < 4.78 is 7.74. The Labute approximate surface area is 475 Å². The van der Waals surface area contributed by atoms with E-state index in [1.807, 2.05) is 6.07 Å². The minimum Gasteiger partial charge on any atom is -0.356 e. The van der Waals surface area contributed by atoms with Crippen molar-refractivity contribution in [2.24, 2.45) is 0 Å². The molecule has 0 saturated heterocycles. The van der Waals surface area contributed by atoms with Crippen LogP contribution in [0.15, 0.2) is 193 Å². The summed E-state index contributed by atoms with van der Waals surface area (Å²) in [6.45, 7) is 19.9. The molecule has 0 aliphatic carbocycles. The predicted molar refractivity (Wildman–Crippen MR) is 344 cm³/mol. The molecule has 0 radical (unpaired) electrons. The normalized spacial score (nSPS) is 10.8. The standard InChI is InChI=1S/C18H17NS.C18H16NS.C14H15N.C4H3IS.3C4H9.Sn/c2*1-14-5-9-16(10-6-14)19(18-4-3-13-20-18)17-11-7-15(2)8-12-17;1-11-3-7-13(8-4-11)15-14-9-5-12(2)6-10-14;5-4-2-1-3-6-4;3*1-3-4-2;/h3-13H,1-2H3;3-12H,1-2H3;3-10,15H,1-2H3;1-3H;3*1,3-4H2,2H3;. The molecule has 3 aromatic heterocycles. The monoisotopic (exact) mass is 1260 g/mol. The van der Waals surface area contributed by atoms with Gasteiger partial charge in [-0.3, -0.25) is 0 Å². The van der Waals surface area contributed by atoms with Crippen molar-refractivity contribution in [3.05, 3.63) is 229 Å². The number of unbranched alkanes of at least 4 members (excludes halogenated alkanes) is 3. The van der Waals surface area contributed by atoms with E-state index in [0.717, 1.165) is 11.4 Å². The second-order valence-corrected chi connectivity index (χ2v) is 38.5. The van der Waals surface area contributed by atoms with Gasteiger partial charge in [-0.15, -0.1) is 22.7 Å².